The van der Waals surface area contributed by atoms with E-state index >= 15 is 0 Å². The zero-order valence-corrected chi connectivity index (χ0v) is 18.9. The number of nitrogens with zero attached hydrogens (tertiary/aromatic N) is 1. The third kappa shape index (κ3) is 5.78. The average Bonchev–Trinajstić information content (AvgIpc) is 3.47. The summed E-state index contributed by atoms with van der Waals surface area (Å²) in [5.74, 6) is 0.964. The quantitative estimate of drug-likeness (QED) is 0.351. The fourth-order valence-electron chi connectivity index (χ4n) is 3.03. The molecule has 0 aliphatic carbocycles. The topological polar surface area (TPSA) is 105 Å². The number of rotatable bonds is 8. The second-order valence-corrected chi connectivity index (χ2v) is 8.41. The molecule has 0 unspecified atom stereocenters. The first-order valence-corrected chi connectivity index (χ1v) is 10.9. The van der Waals surface area contributed by atoms with Crippen LogP contribution in [0.5, 0.6) is 11.5 Å². The van der Waals surface area contributed by atoms with Crippen molar-refractivity contribution in [2.24, 2.45) is 0 Å². The molecule has 0 saturated heterocycles. The fraction of sp³-hybridized carbons (Fsp3) is 0.125. The van der Waals surface area contributed by atoms with E-state index in [9.17, 15) is 9.59 Å². The molecule has 0 aliphatic rings. The lowest BCUT2D eigenvalue weighted by Crippen LogP contribution is -2.20. The largest absolute Gasteiger partial charge is 0.497 e. The van der Waals surface area contributed by atoms with Crippen molar-refractivity contribution in [2.45, 2.75) is 6.92 Å². The number of hydrogen-bond acceptors (Lipinski definition) is 6. The van der Waals surface area contributed by atoms with Crippen LogP contribution in [0.2, 0.25) is 0 Å². The van der Waals surface area contributed by atoms with Crippen LogP contribution in [-0.2, 0) is 4.79 Å². The van der Waals surface area contributed by atoms with Crippen LogP contribution in [0.3, 0.4) is 0 Å². The van der Waals surface area contributed by atoms with E-state index in [-0.39, 0.29) is 18.4 Å². The molecule has 0 atom stereocenters. The summed E-state index contributed by atoms with van der Waals surface area (Å²) in [4.78, 5) is 26.9. The van der Waals surface area contributed by atoms with E-state index in [0.29, 0.717) is 28.6 Å². The molecule has 0 saturated carbocycles. The number of thiophene rings is 1. The lowest BCUT2D eigenvalue weighted by atomic mass is 10.2. The minimum Gasteiger partial charge on any atom is -0.497 e. The molecule has 0 fully saturated rings. The van der Waals surface area contributed by atoms with Crippen molar-refractivity contribution in [1.82, 2.24) is 10.2 Å². The Kier molecular flexibility index (Phi) is 6.70. The third-order valence-electron chi connectivity index (χ3n) is 4.67. The highest BCUT2D eigenvalue weighted by Gasteiger charge is 2.11. The monoisotopic (exact) mass is 462 g/mol. The summed E-state index contributed by atoms with van der Waals surface area (Å²) < 4.78 is 10.6. The van der Waals surface area contributed by atoms with Gasteiger partial charge in [0.2, 0.25) is 0 Å². The highest BCUT2D eigenvalue weighted by atomic mass is 32.1. The number of carbonyl (C=O) groups is 2. The Morgan fingerprint density at radius 3 is 2.55 bits per heavy atom. The number of amides is 2. The second kappa shape index (κ2) is 10.0. The van der Waals surface area contributed by atoms with Crippen molar-refractivity contribution in [3.05, 3.63) is 77.2 Å². The highest BCUT2D eigenvalue weighted by molar-refractivity contribution is 7.15. The molecule has 2 aromatic heterocycles. The Hall–Kier alpha value is -4.11. The third-order valence-corrected chi connectivity index (χ3v) is 5.70. The van der Waals surface area contributed by atoms with E-state index in [1.54, 1.807) is 73.0 Å². The van der Waals surface area contributed by atoms with Gasteiger partial charge < -0.3 is 20.1 Å². The first-order valence-electron chi connectivity index (χ1n) is 10.1. The van der Waals surface area contributed by atoms with Crippen molar-refractivity contribution in [3.63, 3.8) is 0 Å². The lowest BCUT2D eigenvalue weighted by molar-refractivity contribution is -0.118. The Morgan fingerprint density at radius 2 is 1.82 bits per heavy atom. The number of aromatic nitrogens is 2. The van der Waals surface area contributed by atoms with Gasteiger partial charge in [0, 0.05) is 28.3 Å². The van der Waals surface area contributed by atoms with Gasteiger partial charge in [0.25, 0.3) is 11.8 Å². The average molecular weight is 463 g/mol. The molecule has 2 amide bonds. The van der Waals surface area contributed by atoms with Gasteiger partial charge in [-0.2, -0.15) is 5.10 Å². The Bertz CT molecular complexity index is 1260. The summed E-state index contributed by atoms with van der Waals surface area (Å²) in [7, 11) is 1.56. The van der Waals surface area contributed by atoms with E-state index in [1.807, 2.05) is 19.1 Å². The van der Waals surface area contributed by atoms with Crippen LogP contribution in [0.15, 0.2) is 66.7 Å². The first kappa shape index (κ1) is 22.1. The smallest absolute Gasteiger partial charge is 0.262 e. The number of aryl methyl sites for hydroxylation is 1. The van der Waals surface area contributed by atoms with Crippen LogP contribution in [0.4, 0.5) is 11.5 Å². The van der Waals surface area contributed by atoms with Crippen molar-refractivity contribution in [3.8, 4) is 22.1 Å². The molecule has 0 radical (unpaired) electrons. The summed E-state index contributed by atoms with van der Waals surface area (Å²) in [5, 5.41) is 12.6. The van der Waals surface area contributed by atoms with E-state index in [1.165, 1.54) is 4.88 Å². The van der Waals surface area contributed by atoms with Gasteiger partial charge in [-0.15, -0.1) is 11.3 Å². The SMILES string of the molecule is COc1cccc(NC(=O)COc2ccc(C(=O)Nc3cc(-c4ccc(C)s4)[nH]n3)cc2)c1. The predicted octanol–water partition coefficient (Wildman–Crippen LogP) is 4.73. The lowest BCUT2D eigenvalue weighted by Gasteiger charge is -2.09. The van der Waals surface area contributed by atoms with Crippen LogP contribution in [0, 0.1) is 6.92 Å². The molecule has 9 heteroatoms. The summed E-state index contributed by atoms with van der Waals surface area (Å²) in [5.41, 5.74) is 1.91. The van der Waals surface area contributed by atoms with Crippen LogP contribution in [-0.4, -0.2) is 35.7 Å². The first-order chi connectivity index (χ1) is 16.0. The van der Waals surface area contributed by atoms with E-state index in [0.717, 1.165) is 10.6 Å². The number of nitrogens with one attached hydrogen (secondary N) is 3. The van der Waals surface area contributed by atoms with Crippen molar-refractivity contribution in [1.29, 1.82) is 0 Å². The fourth-order valence-corrected chi connectivity index (χ4v) is 3.86. The normalized spacial score (nSPS) is 10.5. The van der Waals surface area contributed by atoms with Gasteiger partial charge in [0.1, 0.15) is 11.5 Å². The highest BCUT2D eigenvalue weighted by Crippen LogP contribution is 2.27. The van der Waals surface area contributed by atoms with Gasteiger partial charge in [-0.25, -0.2) is 0 Å². The number of benzene rings is 2. The van der Waals surface area contributed by atoms with Gasteiger partial charge in [0.15, 0.2) is 12.4 Å². The minimum atomic E-state index is -0.305. The summed E-state index contributed by atoms with van der Waals surface area (Å²) in [6.07, 6.45) is 0. The van der Waals surface area contributed by atoms with E-state index < -0.39 is 0 Å². The maximum Gasteiger partial charge on any atom is 0.262 e. The van der Waals surface area contributed by atoms with E-state index in [2.05, 4.69) is 20.8 Å². The minimum absolute atomic E-state index is 0.166. The number of aromatic amines is 1. The van der Waals surface area contributed by atoms with Crippen LogP contribution in [0.25, 0.3) is 10.6 Å². The van der Waals surface area contributed by atoms with Gasteiger partial charge in [0.05, 0.1) is 17.7 Å². The van der Waals surface area contributed by atoms with Crippen molar-refractivity contribution in [2.75, 3.05) is 24.4 Å². The predicted molar refractivity (Wildman–Crippen MR) is 128 cm³/mol. The summed E-state index contributed by atoms with van der Waals surface area (Å²) in [6, 6.07) is 19.4. The van der Waals surface area contributed by atoms with Crippen LogP contribution >= 0.6 is 11.3 Å². The molecule has 0 spiro atoms. The molecule has 4 rings (SSSR count). The molecule has 3 N–H and O–H groups in total. The molecule has 0 bridgehead atoms. The maximum atomic E-state index is 12.5. The van der Waals surface area contributed by atoms with Crippen LogP contribution in [0.1, 0.15) is 15.2 Å². The van der Waals surface area contributed by atoms with E-state index in [4.69, 9.17) is 9.47 Å². The van der Waals surface area contributed by atoms with Crippen molar-refractivity contribution < 1.29 is 19.1 Å². The number of anilines is 2. The van der Waals surface area contributed by atoms with Gasteiger partial charge >= 0.3 is 0 Å². The van der Waals surface area contributed by atoms with Gasteiger partial charge in [-0.05, 0) is 55.5 Å². The molecule has 2 heterocycles. The molecule has 4 aromatic rings. The Morgan fingerprint density at radius 1 is 1.00 bits per heavy atom. The Labute approximate surface area is 194 Å². The molecule has 33 heavy (non-hydrogen) atoms. The van der Waals surface area contributed by atoms with Gasteiger partial charge in [-0.3, -0.25) is 14.7 Å². The number of carbonyl (C=O) groups excluding carboxylic acids is 2. The number of ether oxygens (including phenoxy) is 2. The Balaban J connectivity index is 1.29. The molecular weight excluding hydrogens is 440 g/mol. The second-order valence-electron chi connectivity index (χ2n) is 7.12. The molecular formula is C24H22N4O4S. The number of methoxy groups -OCH3 is 1. The summed E-state index contributed by atoms with van der Waals surface area (Å²) in [6.45, 7) is 1.87. The molecule has 2 aromatic carbocycles. The van der Waals surface area contributed by atoms with Crippen molar-refractivity contribution >= 4 is 34.7 Å². The summed E-state index contributed by atoms with van der Waals surface area (Å²) >= 11 is 1.65. The molecule has 0 aliphatic heterocycles. The maximum absolute atomic E-state index is 12.5. The molecule has 168 valence electrons. The zero-order valence-electron chi connectivity index (χ0n) is 18.0. The molecule has 8 nitrogen and oxygen atoms in total. The zero-order chi connectivity index (χ0) is 23.2. The van der Waals surface area contributed by atoms with Gasteiger partial charge in [-0.1, -0.05) is 6.07 Å². The number of hydrogen-bond donors (Lipinski definition) is 3. The number of H-pyrrole nitrogens is 1. The van der Waals surface area contributed by atoms with Crippen LogP contribution < -0.4 is 20.1 Å². The standard InChI is InChI=1S/C24H22N4O4S/c1-15-6-11-21(33-15)20-13-22(28-27-20)26-24(30)16-7-9-18(10-8-16)32-14-23(29)25-17-4-3-5-19(12-17)31-2/h3-13H,14H2,1-2H3,(H,25,29)(H2,26,27,28,30).